The number of nitrogens with one attached hydrogen (secondary N) is 1. The summed E-state index contributed by atoms with van der Waals surface area (Å²) < 4.78 is 5.60. The molecule has 0 saturated carbocycles. The van der Waals surface area contributed by atoms with Crippen LogP contribution in [0.15, 0.2) is 41.0 Å². The largest absolute Gasteiger partial charge is 0.463 e. The van der Waals surface area contributed by atoms with Gasteiger partial charge in [-0.1, -0.05) is 28.1 Å². The van der Waals surface area contributed by atoms with E-state index < -0.39 is 5.97 Å². The topological polar surface area (TPSA) is 64.1 Å². The van der Waals surface area contributed by atoms with Crippen LogP contribution in [0.5, 0.6) is 0 Å². The fourth-order valence-corrected chi connectivity index (χ4v) is 1.71. The Morgan fingerprint density at radius 2 is 2.05 bits per heavy atom. The Morgan fingerprint density at radius 1 is 1.32 bits per heavy atom. The van der Waals surface area contributed by atoms with Gasteiger partial charge in [0.2, 0.25) is 5.82 Å². The Balaban J connectivity index is 2.03. The third kappa shape index (κ3) is 3.75. The summed E-state index contributed by atoms with van der Waals surface area (Å²) in [6.07, 6.45) is 1.52. The highest BCUT2D eigenvalue weighted by Crippen LogP contribution is 2.12. The number of methoxy groups -OCH3 is 1. The Morgan fingerprint density at radius 3 is 2.74 bits per heavy atom. The van der Waals surface area contributed by atoms with E-state index in [1.807, 2.05) is 24.3 Å². The number of halogens is 1. The van der Waals surface area contributed by atoms with Gasteiger partial charge in [0.05, 0.1) is 7.11 Å². The number of hydrogen-bond donors (Lipinski definition) is 1. The van der Waals surface area contributed by atoms with E-state index in [9.17, 15) is 4.79 Å². The van der Waals surface area contributed by atoms with Gasteiger partial charge in [-0.15, -0.1) is 0 Å². The van der Waals surface area contributed by atoms with Gasteiger partial charge in [-0.05, 0) is 23.8 Å². The van der Waals surface area contributed by atoms with E-state index in [1.165, 1.54) is 13.3 Å². The van der Waals surface area contributed by atoms with Gasteiger partial charge in [-0.25, -0.2) is 14.8 Å². The molecule has 1 N–H and O–H groups in total. The molecule has 1 heterocycles. The molecule has 0 amide bonds. The van der Waals surface area contributed by atoms with Crippen molar-refractivity contribution in [3.05, 3.63) is 52.4 Å². The lowest BCUT2D eigenvalue weighted by atomic mass is 10.2. The number of aromatic nitrogens is 2. The monoisotopic (exact) mass is 321 g/mol. The van der Waals surface area contributed by atoms with E-state index in [1.54, 1.807) is 6.07 Å². The Hall–Kier alpha value is -1.95. The first kappa shape index (κ1) is 13.5. The maximum atomic E-state index is 11.3. The zero-order chi connectivity index (χ0) is 13.7. The number of carbonyl (C=O) groups excluding carboxylic acids is 1. The van der Waals surface area contributed by atoms with Crippen LogP contribution < -0.4 is 5.32 Å². The van der Waals surface area contributed by atoms with Gasteiger partial charge in [0.25, 0.3) is 0 Å². The minimum atomic E-state index is -0.549. The normalized spacial score (nSPS) is 10.0. The standard InChI is InChI=1S/C13H12BrN3O2/c1-19-13(18)12-15-7-6-11(17-12)16-8-9-2-4-10(14)5-3-9/h2-7H,8H2,1H3,(H,15,16,17). The van der Waals surface area contributed by atoms with E-state index >= 15 is 0 Å². The van der Waals surface area contributed by atoms with Crippen molar-refractivity contribution in [3.63, 3.8) is 0 Å². The number of rotatable bonds is 4. The second kappa shape index (κ2) is 6.29. The first-order chi connectivity index (χ1) is 9.19. The zero-order valence-corrected chi connectivity index (χ0v) is 11.8. The average molecular weight is 322 g/mol. The van der Waals surface area contributed by atoms with Gasteiger partial charge < -0.3 is 10.1 Å². The summed E-state index contributed by atoms with van der Waals surface area (Å²) in [5.74, 6) is 0.0777. The minimum absolute atomic E-state index is 0.0447. The Kier molecular flexibility index (Phi) is 4.46. The molecule has 0 spiro atoms. The molecule has 0 fully saturated rings. The molecule has 1 aromatic carbocycles. The highest BCUT2D eigenvalue weighted by atomic mass is 79.9. The molecule has 6 heteroatoms. The van der Waals surface area contributed by atoms with Crippen LogP contribution in [0.1, 0.15) is 16.2 Å². The quantitative estimate of drug-likeness (QED) is 0.877. The Labute approximate surface area is 119 Å². The summed E-state index contributed by atoms with van der Waals surface area (Å²) in [6.45, 7) is 0.616. The molecular weight excluding hydrogens is 310 g/mol. The summed E-state index contributed by atoms with van der Waals surface area (Å²) in [7, 11) is 1.30. The summed E-state index contributed by atoms with van der Waals surface area (Å²) in [5.41, 5.74) is 1.11. The number of anilines is 1. The number of benzene rings is 1. The minimum Gasteiger partial charge on any atom is -0.463 e. The smallest absolute Gasteiger partial charge is 0.376 e. The van der Waals surface area contributed by atoms with E-state index in [0.717, 1.165) is 10.0 Å². The first-order valence-electron chi connectivity index (χ1n) is 5.58. The van der Waals surface area contributed by atoms with Gasteiger partial charge in [0.1, 0.15) is 5.82 Å². The van der Waals surface area contributed by atoms with Crippen molar-refractivity contribution in [2.75, 3.05) is 12.4 Å². The predicted molar refractivity (Wildman–Crippen MR) is 74.8 cm³/mol. The Bertz CT molecular complexity index is 572. The van der Waals surface area contributed by atoms with Crippen molar-refractivity contribution in [2.45, 2.75) is 6.54 Å². The first-order valence-corrected chi connectivity index (χ1v) is 6.38. The number of carbonyl (C=O) groups is 1. The molecule has 0 atom stereocenters. The molecule has 0 saturated heterocycles. The van der Waals surface area contributed by atoms with Gasteiger partial charge in [0.15, 0.2) is 0 Å². The lowest BCUT2D eigenvalue weighted by molar-refractivity contribution is 0.0587. The molecule has 5 nitrogen and oxygen atoms in total. The summed E-state index contributed by atoms with van der Waals surface area (Å²) in [6, 6.07) is 9.64. The third-order valence-corrected chi connectivity index (χ3v) is 2.94. The van der Waals surface area contributed by atoms with Crippen LogP contribution in [-0.4, -0.2) is 23.0 Å². The molecule has 19 heavy (non-hydrogen) atoms. The average Bonchev–Trinajstić information content (AvgIpc) is 2.46. The molecule has 0 aliphatic rings. The predicted octanol–water partition coefficient (Wildman–Crippen LogP) is 2.64. The van der Waals surface area contributed by atoms with Gasteiger partial charge in [-0.3, -0.25) is 0 Å². The maximum absolute atomic E-state index is 11.3. The number of nitrogens with zero attached hydrogens (tertiary/aromatic N) is 2. The van der Waals surface area contributed by atoms with E-state index in [2.05, 4.69) is 36.0 Å². The van der Waals surface area contributed by atoms with Gasteiger partial charge in [0, 0.05) is 17.2 Å². The van der Waals surface area contributed by atoms with Crippen LogP contribution in [0.3, 0.4) is 0 Å². The molecule has 0 aliphatic heterocycles. The highest BCUT2D eigenvalue weighted by molar-refractivity contribution is 9.10. The van der Waals surface area contributed by atoms with E-state index in [0.29, 0.717) is 12.4 Å². The van der Waals surface area contributed by atoms with Crippen molar-refractivity contribution in [1.29, 1.82) is 0 Å². The molecule has 0 radical (unpaired) electrons. The van der Waals surface area contributed by atoms with Crippen LogP contribution in [0.4, 0.5) is 5.82 Å². The van der Waals surface area contributed by atoms with Crippen LogP contribution in [0.25, 0.3) is 0 Å². The number of ether oxygens (including phenoxy) is 1. The summed E-state index contributed by atoms with van der Waals surface area (Å²) in [5, 5.41) is 3.13. The van der Waals surface area contributed by atoms with E-state index in [-0.39, 0.29) is 5.82 Å². The SMILES string of the molecule is COC(=O)c1nccc(NCc2ccc(Br)cc2)n1. The van der Waals surface area contributed by atoms with Crippen molar-refractivity contribution < 1.29 is 9.53 Å². The van der Waals surface area contributed by atoms with Gasteiger partial charge in [-0.2, -0.15) is 0 Å². The molecule has 2 rings (SSSR count). The molecule has 0 aliphatic carbocycles. The molecule has 0 unspecified atom stereocenters. The molecule has 1 aromatic heterocycles. The lowest BCUT2D eigenvalue weighted by Crippen LogP contribution is -2.09. The molecule has 2 aromatic rings. The fourth-order valence-electron chi connectivity index (χ4n) is 1.44. The van der Waals surface area contributed by atoms with Crippen LogP contribution in [-0.2, 0) is 11.3 Å². The van der Waals surface area contributed by atoms with E-state index in [4.69, 9.17) is 0 Å². The molecule has 0 bridgehead atoms. The summed E-state index contributed by atoms with van der Waals surface area (Å²) in [4.78, 5) is 19.2. The number of hydrogen-bond acceptors (Lipinski definition) is 5. The molecule has 98 valence electrons. The van der Waals surface area contributed by atoms with Crippen molar-refractivity contribution in [1.82, 2.24) is 9.97 Å². The van der Waals surface area contributed by atoms with Crippen molar-refractivity contribution in [3.8, 4) is 0 Å². The summed E-state index contributed by atoms with van der Waals surface area (Å²) >= 11 is 3.38. The second-order valence-electron chi connectivity index (χ2n) is 3.74. The molecular formula is C13H12BrN3O2. The van der Waals surface area contributed by atoms with Crippen LogP contribution >= 0.6 is 15.9 Å². The highest BCUT2D eigenvalue weighted by Gasteiger charge is 2.09. The van der Waals surface area contributed by atoms with Crippen LogP contribution in [0, 0.1) is 0 Å². The van der Waals surface area contributed by atoms with Gasteiger partial charge >= 0.3 is 5.97 Å². The van der Waals surface area contributed by atoms with Crippen molar-refractivity contribution in [2.24, 2.45) is 0 Å². The fraction of sp³-hybridized carbons (Fsp3) is 0.154. The number of esters is 1. The van der Waals surface area contributed by atoms with Crippen molar-refractivity contribution >= 4 is 27.7 Å². The second-order valence-corrected chi connectivity index (χ2v) is 4.65. The maximum Gasteiger partial charge on any atom is 0.376 e. The lowest BCUT2D eigenvalue weighted by Gasteiger charge is -2.06. The zero-order valence-electron chi connectivity index (χ0n) is 10.3. The third-order valence-electron chi connectivity index (χ3n) is 2.41. The van der Waals surface area contributed by atoms with Crippen LogP contribution in [0.2, 0.25) is 0 Å².